The van der Waals surface area contributed by atoms with Gasteiger partial charge in [-0.1, -0.05) is 0 Å². The summed E-state index contributed by atoms with van der Waals surface area (Å²) < 4.78 is 35.5. The molecule has 0 radical (unpaired) electrons. The molecule has 0 spiro atoms. The number of nitro benzene ring substituents is 1. The first-order chi connectivity index (χ1) is 9.28. The number of hydrogen-bond acceptors (Lipinski definition) is 5. The molecule has 1 aromatic rings. The number of nitrogens with zero attached hydrogens (tertiary/aromatic N) is 1. The Kier molecular flexibility index (Phi) is 3.53. The van der Waals surface area contributed by atoms with E-state index in [0.717, 1.165) is 23.6 Å². The average Bonchev–Trinajstić information content (AvgIpc) is 2.68. The van der Waals surface area contributed by atoms with Crippen molar-refractivity contribution in [1.82, 2.24) is 5.32 Å². The second-order valence-electron chi connectivity index (χ2n) is 4.16. The summed E-state index contributed by atoms with van der Waals surface area (Å²) in [7, 11) is -3.32. The maximum absolute atomic E-state index is 13.1. The van der Waals surface area contributed by atoms with Gasteiger partial charge in [0.15, 0.2) is 9.84 Å². The molecule has 1 aromatic carbocycles. The van der Waals surface area contributed by atoms with Gasteiger partial charge in [-0.25, -0.2) is 8.42 Å². The average molecular weight is 300 g/mol. The van der Waals surface area contributed by atoms with Crippen LogP contribution in [0.3, 0.4) is 0 Å². The Morgan fingerprint density at radius 2 is 2.15 bits per heavy atom. The van der Waals surface area contributed by atoms with Crippen molar-refractivity contribution in [1.29, 1.82) is 0 Å². The van der Waals surface area contributed by atoms with E-state index in [9.17, 15) is 27.7 Å². The Labute approximate surface area is 113 Å². The first-order valence-corrected chi connectivity index (χ1v) is 7.16. The highest BCUT2D eigenvalue weighted by Gasteiger charge is 2.24. The molecular formula is C11H9FN2O5S. The molecule has 2 rings (SSSR count). The fourth-order valence-electron chi connectivity index (χ4n) is 1.71. The molecule has 1 amide bonds. The van der Waals surface area contributed by atoms with Gasteiger partial charge < -0.3 is 5.32 Å². The van der Waals surface area contributed by atoms with Gasteiger partial charge in [0.05, 0.1) is 16.7 Å². The summed E-state index contributed by atoms with van der Waals surface area (Å²) in [5, 5.41) is 13.9. The molecule has 0 aromatic heterocycles. The van der Waals surface area contributed by atoms with E-state index in [2.05, 4.69) is 5.32 Å². The van der Waals surface area contributed by atoms with Crippen LogP contribution < -0.4 is 5.32 Å². The van der Waals surface area contributed by atoms with E-state index >= 15 is 0 Å². The second-order valence-corrected chi connectivity index (χ2v) is 6.09. The fraction of sp³-hybridized carbons (Fsp3) is 0.182. The molecule has 106 valence electrons. The van der Waals surface area contributed by atoms with Gasteiger partial charge in [-0.15, -0.1) is 0 Å². The van der Waals surface area contributed by atoms with Crippen LogP contribution >= 0.6 is 0 Å². The van der Waals surface area contributed by atoms with Crippen LogP contribution in [0.15, 0.2) is 29.7 Å². The first-order valence-electron chi connectivity index (χ1n) is 5.44. The number of nitro groups is 1. The summed E-state index contributed by atoms with van der Waals surface area (Å²) in [6, 6.07) is 2.01. The molecule has 9 heteroatoms. The largest absolute Gasteiger partial charge is 0.345 e. The number of benzene rings is 1. The summed E-state index contributed by atoms with van der Waals surface area (Å²) in [4.78, 5) is 21.4. The number of hydrogen-bond donors (Lipinski definition) is 1. The zero-order valence-electron chi connectivity index (χ0n) is 9.95. The summed E-state index contributed by atoms with van der Waals surface area (Å²) in [6.45, 7) is 0. The minimum atomic E-state index is -3.32. The summed E-state index contributed by atoms with van der Waals surface area (Å²) in [5.41, 5.74) is -0.928. The third-order valence-corrected chi connectivity index (χ3v) is 4.05. The van der Waals surface area contributed by atoms with Gasteiger partial charge in [-0.05, 0) is 18.2 Å². The predicted octanol–water partition coefficient (Wildman–Crippen LogP) is 0.774. The van der Waals surface area contributed by atoms with Gasteiger partial charge in [-0.3, -0.25) is 14.9 Å². The molecule has 0 fully saturated rings. The van der Waals surface area contributed by atoms with Gasteiger partial charge in [0.2, 0.25) is 5.82 Å². The number of sulfone groups is 1. The standard InChI is InChI=1S/C11H9FN2O5S/c12-9-2-1-7(5-10(9)14(16)17)11(15)13-8-3-4-20(18,19)6-8/h1-5,8H,6H2,(H,13,15). The van der Waals surface area contributed by atoms with Gasteiger partial charge in [-0.2, -0.15) is 4.39 Å². The van der Waals surface area contributed by atoms with Crippen LogP contribution in [0.4, 0.5) is 10.1 Å². The van der Waals surface area contributed by atoms with Crippen molar-refractivity contribution in [2.45, 2.75) is 6.04 Å². The van der Waals surface area contributed by atoms with E-state index in [0.29, 0.717) is 0 Å². The Morgan fingerprint density at radius 3 is 2.70 bits per heavy atom. The number of amides is 1. The van der Waals surface area contributed by atoms with E-state index in [1.807, 2.05) is 0 Å². The van der Waals surface area contributed by atoms with Crippen LogP contribution in [0, 0.1) is 15.9 Å². The lowest BCUT2D eigenvalue weighted by Gasteiger charge is -2.09. The normalized spacial score (nSPS) is 19.8. The van der Waals surface area contributed by atoms with Crippen LogP contribution in [0.25, 0.3) is 0 Å². The van der Waals surface area contributed by atoms with E-state index in [4.69, 9.17) is 0 Å². The van der Waals surface area contributed by atoms with Crippen LogP contribution in [-0.2, 0) is 9.84 Å². The molecule has 7 nitrogen and oxygen atoms in total. The Morgan fingerprint density at radius 1 is 1.45 bits per heavy atom. The number of carbonyl (C=O) groups excluding carboxylic acids is 1. The molecule has 20 heavy (non-hydrogen) atoms. The van der Waals surface area contributed by atoms with Crippen LogP contribution in [-0.4, -0.2) is 31.0 Å². The fourth-order valence-corrected chi connectivity index (χ4v) is 2.95. The predicted molar refractivity (Wildman–Crippen MR) is 67.2 cm³/mol. The van der Waals surface area contributed by atoms with Crippen molar-refractivity contribution in [3.05, 3.63) is 51.2 Å². The van der Waals surface area contributed by atoms with Gasteiger partial charge in [0, 0.05) is 17.0 Å². The molecule has 1 aliphatic rings. The topological polar surface area (TPSA) is 106 Å². The number of nitrogens with one attached hydrogen (secondary N) is 1. The van der Waals surface area contributed by atoms with Crippen molar-refractivity contribution in [2.75, 3.05) is 5.75 Å². The minimum absolute atomic E-state index is 0.115. The van der Waals surface area contributed by atoms with Crippen molar-refractivity contribution >= 4 is 21.4 Å². The third kappa shape index (κ3) is 2.99. The van der Waals surface area contributed by atoms with Crippen LogP contribution in [0.2, 0.25) is 0 Å². The molecule has 0 bridgehead atoms. The van der Waals surface area contributed by atoms with Crippen molar-refractivity contribution in [2.24, 2.45) is 0 Å². The highest BCUT2D eigenvalue weighted by molar-refractivity contribution is 7.94. The van der Waals surface area contributed by atoms with Crippen LogP contribution in [0.1, 0.15) is 10.4 Å². The molecule has 0 aliphatic carbocycles. The van der Waals surface area contributed by atoms with E-state index in [-0.39, 0.29) is 11.3 Å². The Bertz CT molecular complexity index is 714. The smallest absolute Gasteiger partial charge is 0.305 e. The molecule has 0 saturated heterocycles. The van der Waals surface area contributed by atoms with Gasteiger partial charge in [0.1, 0.15) is 0 Å². The third-order valence-electron chi connectivity index (χ3n) is 2.65. The second kappa shape index (κ2) is 5.00. The first kappa shape index (κ1) is 14.1. The minimum Gasteiger partial charge on any atom is -0.345 e. The van der Waals surface area contributed by atoms with Crippen LogP contribution in [0.5, 0.6) is 0 Å². The molecule has 1 aliphatic heterocycles. The van der Waals surface area contributed by atoms with Crippen molar-refractivity contribution < 1.29 is 22.5 Å². The molecule has 1 heterocycles. The zero-order chi connectivity index (χ0) is 14.9. The lowest BCUT2D eigenvalue weighted by molar-refractivity contribution is -0.387. The lowest BCUT2D eigenvalue weighted by Crippen LogP contribution is -2.35. The molecule has 1 unspecified atom stereocenters. The highest BCUT2D eigenvalue weighted by atomic mass is 32.2. The summed E-state index contributed by atoms with van der Waals surface area (Å²) >= 11 is 0. The maximum Gasteiger partial charge on any atom is 0.305 e. The van der Waals surface area contributed by atoms with E-state index < -0.39 is 38.2 Å². The van der Waals surface area contributed by atoms with Crippen molar-refractivity contribution in [3.8, 4) is 0 Å². The summed E-state index contributed by atoms with van der Waals surface area (Å²) in [6.07, 6.45) is 1.31. The van der Waals surface area contributed by atoms with Gasteiger partial charge in [0.25, 0.3) is 5.91 Å². The lowest BCUT2D eigenvalue weighted by atomic mass is 10.1. The Balaban J connectivity index is 2.16. The summed E-state index contributed by atoms with van der Waals surface area (Å²) in [5.74, 6) is -2.02. The zero-order valence-corrected chi connectivity index (χ0v) is 10.8. The van der Waals surface area contributed by atoms with Crippen molar-refractivity contribution in [3.63, 3.8) is 0 Å². The quantitative estimate of drug-likeness (QED) is 0.655. The number of rotatable bonds is 3. The number of carbonyl (C=O) groups is 1. The molecular weight excluding hydrogens is 291 g/mol. The van der Waals surface area contributed by atoms with E-state index in [1.54, 1.807) is 0 Å². The molecule has 0 saturated carbocycles. The number of halogens is 1. The highest BCUT2D eigenvalue weighted by Crippen LogP contribution is 2.19. The SMILES string of the molecule is O=C(NC1C=CS(=O)(=O)C1)c1ccc(F)c([N+](=O)[O-])c1. The Hall–Kier alpha value is -2.29. The monoisotopic (exact) mass is 300 g/mol. The molecule has 1 atom stereocenters. The maximum atomic E-state index is 13.1. The van der Waals surface area contributed by atoms with E-state index in [1.165, 1.54) is 6.08 Å². The van der Waals surface area contributed by atoms with Gasteiger partial charge >= 0.3 is 5.69 Å². The molecule has 1 N–H and O–H groups in total.